The number of carboxylic acid groups (broad SMARTS) is 1. The Morgan fingerprint density at radius 1 is 1.12 bits per heavy atom. The molecule has 4 nitrogen and oxygen atoms in total. The van der Waals surface area contributed by atoms with Crippen molar-refractivity contribution in [2.75, 3.05) is 0 Å². The van der Waals surface area contributed by atoms with Gasteiger partial charge in [0.15, 0.2) is 0 Å². The van der Waals surface area contributed by atoms with Crippen molar-refractivity contribution in [2.45, 2.75) is 83.1 Å². The van der Waals surface area contributed by atoms with Crippen LogP contribution in [0.2, 0.25) is 0 Å². The highest BCUT2D eigenvalue weighted by Crippen LogP contribution is 2.38. The highest BCUT2D eigenvalue weighted by Gasteiger charge is 2.34. The molecule has 0 saturated heterocycles. The van der Waals surface area contributed by atoms with E-state index in [0.717, 1.165) is 12.8 Å². The lowest BCUT2D eigenvalue weighted by molar-refractivity contribution is -0.205. The minimum Gasteiger partial charge on any atom is -0.477 e. The van der Waals surface area contributed by atoms with Gasteiger partial charge in [0.25, 0.3) is 5.79 Å². The fourth-order valence-corrected chi connectivity index (χ4v) is 3.33. The molecule has 0 heterocycles. The number of rotatable bonds is 12. The van der Waals surface area contributed by atoms with E-state index >= 15 is 0 Å². The summed E-state index contributed by atoms with van der Waals surface area (Å²) in [6, 6.07) is 0. The van der Waals surface area contributed by atoms with Crippen LogP contribution in [0.5, 0.6) is 0 Å². The van der Waals surface area contributed by atoms with E-state index in [9.17, 15) is 19.4 Å². The van der Waals surface area contributed by atoms with Crippen molar-refractivity contribution in [1.82, 2.24) is 0 Å². The molecule has 0 unspecified atom stereocenters. The monoisotopic (exact) mass is 356 g/mol. The molecule has 1 aliphatic carbocycles. The van der Waals surface area contributed by atoms with Crippen LogP contribution in [0.15, 0.2) is 24.3 Å². The molecule has 1 rings (SSSR count). The Morgan fingerprint density at radius 2 is 1.88 bits per heavy atom. The first-order valence-corrected chi connectivity index (χ1v) is 9.52. The molecule has 1 aliphatic rings. The van der Waals surface area contributed by atoms with Gasteiger partial charge in [-0.2, -0.15) is 0 Å². The molecule has 3 atom stereocenters. The van der Waals surface area contributed by atoms with Gasteiger partial charge in [-0.15, -0.1) is 0 Å². The van der Waals surface area contributed by atoms with Crippen molar-refractivity contribution in [3.63, 3.8) is 0 Å². The van der Waals surface area contributed by atoms with E-state index in [2.05, 4.69) is 19.1 Å². The van der Waals surface area contributed by atoms with Crippen LogP contribution < -0.4 is 0 Å². The van der Waals surface area contributed by atoms with Gasteiger partial charge in [-0.25, -0.2) is 9.18 Å². The number of halogens is 1. The summed E-state index contributed by atoms with van der Waals surface area (Å²) < 4.78 is 14.1. The molecule has 0 amide bonds. The van der Waals surface area contributed by atoms with Gasteiger partial charge in [0.05, 0.1) is 0 Å². The van der Waals surface area contributed by atoms with Gasteiger partial charge in [0.1, 0.15) is 6.17 Å². The first-order chi connectivity index (χ1) is 11.9. The number of aliphatic carboxylic acids is 1. The molecule has 0 spiro atoms. The second kappa shape index (κ2) is 11.4. The van der Waals surface area contributed by atoms with Crippen LogP contribution in [0.25, 0.3) is 0 Å². The van der Waals surface area contributed by atoms with E-state index in [4.69, 9.17) is 5.11 Å². The van der Waals surface area contributed by atoms with E-state index in [1.807, 2.05) is 6.08 Å². The third-order valence-electron chi connectivity index (χ3n) is 4.97. The molecule has 0 aromatic rings. The number of carbonyl (C=O) groups is 1. The maximum absolute atomic E-state index is 14.1. The van der Waals surface area contributed by atoms with Crippen molar-refractivity contribution in [1.29, 1.82) is 0 Å². The van der Waals surface area contributed by atoms with Gasteiger partial charge in [-0.05, 0) is 50.4 Å². The SMILES string of the molecule is CCCCCC/C=C/[C@H]1CC[C@@H](F)[C@@H]1C/C=C\CCC(O)(O)C(=O)O. The van der Waals surface area contributed by atoms with E-state index in [0.29, 0.717) is 12.8 Å². The van der Waals surface area contributed by atoms with Gasteiger partial charge in [0, 0.05) is 6.42 Å². The minimum atomic E-state index is -2.69. The average Bonchev–Trinajstić information content (AvgIpc) is 2.90. The van der Waals surface area contributed by atoms with Crippen LogP contribution >= 0.6 is 0 Å². The maximum Gasteiger partial charge on any atom is 0.364 e. The molecule has 5 heteroatoms. The Bertz CT molecular complexity index is 445. The summed E-state index contributed by atoms with van der Waals surface area (Å²) in [7, 11) is 0. The lowest BCUT2D eigenvalue weighted by Gasteiger charge is -2.17. The number of hydrogen-bond acceptors (Lipinski definition) is 3. The number of carboxylic acids is 1. The predicted octanol–water partition coefficient (Wildman–Crippen LogP) is 4.37. The van der Waals surface area contributed by atoms with E-state index in [1.54, 1.807) is 6.08 Å². The summed E-state index contributed by atoms with van der Waals surface area (Å²) in [6.07, 6.45) is 15.1. The molecule has 144 valence electrons. The number of alkyl halides is 1. The summed E-state index contributed by atoms with van der Waals surface area (Å²) in [4.78, 5) is 10.6. The smallest absolute Gasteiger partial charge is 0.364 e. The van der Waals surface area contributed by atoms with Crippen molar-refractivity contribution < 1.29 is 24.5 Å². The molecule has 0 aromatic carbocycles. The van der Waals surface area contributed by atoms with Crippen LogP contribution in [0, 0.1) is 11.8 Å². The normalized spacial score (nSPS) is 24.6. The standard InChI is InChI=1S/C20H33FO4/c1-2-3-4-5-6-8-11-16-13-14-18(21)17(16)12-9-7-10-15-20(24,25)19(22)23/h7-9,11,16-18,24-25H,2-6,10,12-15H2,1H3,(H,22,23)/b9-7-,11-8+/t16-,17+,18+/m0/s1. The zero-order chi connectivity index (χ0) is 18.7. The number of allylic oxidation sites excluding steroid dienone is 4. The number of hydrogen-bond donors (Lipinski definition) is 3. The van der Waals surface area contributed by atoms with Crippen molar-refractivity contribution in [3.8, 4) is 0 Å². The van der Waals surface area contributed by atoms with Gasteiger partial charge < -0.3 is 15.3 Å². The fourth-order valence-electron chi connectivity index (χ4n) is 3.33. The van der Waals surface area contributed by atoms with E-state index in [-0.39, 0.29) is 24.7 Å². The Labute approximate surface area is 150 Å². The minimum absolute atomic E-state index is 0.0318. The van der Waals surface area contributed by atoms with Crippen LogP contribution in [-0.4, -0.2) is 33.2 Å². The second-order valence-electron chi connectivity index (χ2n) is 7.07. The van der Waals surface area contributed by atoms with E-state index < -0.39 is 17.9 Å². The third-order valence-corrected chi connectivity index (χ3v) is 4.97. The van der Waals surface area contributed by atoms with Gasteiger partial charge >= 0.3 is 5.97 Å². The summed E-state index contributed by atoms with van der Waals surface area (Å²) in [5.74, 6) is -4.11. The average molecular weight is 356 g/mol. The number of aliphatic hydroxyl groups is 2. The second-order valence-corrected chi connectivity index (χ2v) is 7.07. The van der Waals surface area contributed by atoms with E-state index in [1.165, 1.54) is 25.7 Å². The molecule has 1 fully saturated rings. The molecular formula is C20H33FO4. The van der Waals surface area contributed by atoms with Crippen LogP contribution in [0.4, 0.5) is 4.39 Å². The third kappa shape index (κ3) is 8.15. The van der Waals surface area contributed by atoms with Crippen LogP contribution in [0.3, 0.4) is 0 Å². The van der Waals surface area contributed by atoms with Crippen molar-refractivity contribution in [3.05, 3.63) is 24.3 Å². The van der Waals surface area contributed by atoms with Crippen LogP contribution in [0.1, 0.15) is 71.1 Å². The molecular weight excluding hydrogens is 323 g/mol. The molecule has 0 aromatic heterocycles. The summed E-state index contributed by atoms with van der Waals surface area (Å²) >= 11 is 0. The first kappa shape index (κ1) is 21.8. The molecule has 3 N–H and O–H groups in total. The molecule has 0 bridgehead atoms. The zero-order valence-corrected chi connectivity index (χ0v) is 15.2. The van der Waals surface area contributed by atoms with Crippen molar-refractivity contribution >= 4 is 5.97 Å². The zero-order valence-electron chi connectivity index (χ0n) is 15.2. The van der Waals surface area contributed by atoms with Crippen LogP contribution in [-0.2, 0) is 4.79 Å². The molecule has 0 aliphatic heterocycles. The molecule has 0 radical (unpaired) electrons. The molecule has 1 saturated carbocycles. The lowest BCUT2D eigenvalue weighted by atomic mass is 9.91. The molecule has 25 heavy (non-hydrogen) atoms. The Hall–Kier alpha value is -1.20. The Balaban J connectivity index is 2.35. The first-order valence-electron chi connectivity index (χ1n) is 9.52. The lowest BCUT2D eigenvalue weighted by Crippen LogP contribution is -2.37. The number of unbranched alkanes of at least 4 members (excludes halogenated alkanes) is 4. The fraction of sp³-hybridized carbons (Fsp3) is 0.750. The predicted molar refractivity (Wildman–Crippen MR) is 96.8 cm³/mol. The maximum atomic E-state index is 14.1. The van der Waals surface area contributed by atoms with Crippen molar-refractivity contribution in [2.24, 2.45) is 11.8 Å². The highest BCUT2D eigenvalue weighted by atomic mass is 19.1. The largest absolute Gasteiger partial charge is 0.477 e. The quantitative estimate of drug-likeness (QED) is 0.276. The van der Waals surface area contributed by atoms with Gasteiger partial charge in [0.2, 0.25) is 0 Å². The van der Waals surface area contributed by atoms with Gasteiger partial charge in [-0.3, -0.25) is 0 Å². The summed E-state index contributed by atoms with van der Waals surface area (Å²) in [6.45, 7) is 2.19. The Morgan fingerprint density at radius 3 is 2.56 bits per heavy atom. The Kier molecular flexibility index (Phi) is 9.98. The summed E-state index contributed by atoms with van der Waals surface area (Å²) in [5.41, 5.74) is 0. The van der Waals surface area contributed by atoms with Gasteiger partial charge in [-0.1, -0.05) is 50.5 Å². The summed E-state index contributed by atoms with van der Waals surface area (Å²) in [5, 5.41) is 27.0. The topological polar surface area (TPSA) is 77.8 Å². The highest BCUT2D eigenvalue weighted by molar-refractivity contribution is 5.74.